The molecule has 5 nitrogen and oxygen atoms in total. The number of amides is 1. The van der Waals surface area contributed by atoms with E-state index in [0.29, 0.717) is 24.2 Å². The molecule has 4 N–H and O–H groups in total. The zero-order valence-corrected chi connectivity index (χ0v) is 14.0. The van der Waals surface area contributed by atoms with E-state index >= 15 is 0 Å². The van der Waals surface area contributed by atoms with E-state index in [1.807, 2.05) is 13.0 Å². The zero-order valence-electron chi connectivity index (χ0n) is 14.0. The Labute approximate surface area is 141 Å². The molecule has 1 heterocycles. The van der Waals surface area contributed by atoms with Gasteiger partial charge in [-0.05, 0) is 30.4 Å². The molecule has 0 radical (unpaired) electrons. The fourth-order valence-corrected chi connectivity index (χ4v) is 5.20. The lowest BCUT2D eigenvalue weighted by molar-refractivity contribution is -0.115. The molecular weight excluding hydrogens is 306 g/mol. The first kappa shape index (κ1) is 15.7. The summed E-state index contributed by atoms with van der Waals surface area (Å²) in [4.78, 5) is 11.9. The maximum atomic E-state index is 11.9. The van der Waals surface area contributed by atoms with E-state index in [1.54, 1.807) is 18.2 Å². The van der Waals surface area contributed by atoms with Crippen LogP contribution in [0.1, 0.15) is 48.2 Å². The first-order valence-corrected chi connectivity index (χ1v) is 8.59. The van der Waals surface area contributed by atoms with Crippen LogP contribution in [0.5, 0.6) is 5.75 Å². The van der Waals surface area contributed by atoms with Crippen molar-refractivity contribution in [3.63, 3.8) is 0 Å². The number of hydrogen-bond acceptors (Lipinski definition) is 4. The molecule has 0 saturated heterocycles. The van der Waals surface area contributed by atoms with Crippen LogP contribution < -0.4 is 10.5 Å². The van der Waals surface area contributed by atoms with Gasteiger partial charge in [-0.2, -0.15) is 0 Å². The molecular formula is C19H23NO4. The van der Waals surface area contributed by atoms with E-state index in [9.17, 15) is 15.0 Å². The van der Waals surface area contributed by atoms with E-state index < -0.39 is 29.1 Å². The van der Waals surface area contributed by atoms with Gasteiger partial charge in [-0.15, -0.1) is 0 Å². The van der Waals surface area contributed by atoms with Crippen LogP contribution in [0.15, 0.2) is 24.3 Å². The van der Waals surface area contributed by atoms with Gasteiger partial charge in [0.15, 0.2) is 0 Å². The third kappa shape index (κ3) is 1.59. The van der Waals surface area contributed by atoms with Gasteiger partial charge in [0.05, 0.1) is 16.6 Å². The summed E-state index contributed by atoms with van der Waals surface area (Å²) in [6, 6.07) is 3.62. The molecule has 24 heavy (non-hydrogen) atoms. The van der Waals surface area contributed by atoms with Crippen LogP contribution in [0.2, 0.25) is 0 Å². The standard InChI is InChI=1S/C19H23NO4/c1-3-7-18-14-11-4-5-12(17(20)22)15(14)24-16(18)13(21)6-8-19(18,23)10(2)9-11/h4-6,8,10,13,16,21,23H,3,7,9H2,1-2H3,(H2,20,22)/t10-,13+,16+,18+,19-/m1/s1. The highest BCUT2D eigenvalue weighted by Gasteiger charge is 2.67. The molecule has 0 unspecified atom stereocenters. The summed E-state index contributed by atoms with van der Waals surface area (Å²) in [7, 11) is 0. The number of carbonyl (C=O) groups excluding carboxylic acids is 1. The first-order valence-electron chi connectivity index (χ1n) is 8.59. The first-order chi connectivity index (χ1) is 11.4. The van der Waals surface area contributed by atoms with E-state index in [-0.39, 0.29) is 5.92 Å². The molecule has 5 atom stereocenters. The second kappa shape index (κ2) is 4.83. The van der Waals surface area contributed by atoms with Gasteiger partial charge in [0.25, 0.3) is 5.91 Å². The number of aliphatic hydroxyl groups is 2. The molecule has 2 aliphatic carbocycles. The van der Waals surface area contributed by atoms with E-state index in [1.165, 1.54) is 0 Å². The minimum atomic E-state index is -1.11. The van der Waals surface area contributed by atoms with E-state index in [0.717, 1.165) is 17.5 Å². The van der Waals surface area contributed by atoms with Gasteiger partial charge in [0.2, 0.25) is 0 Å². The Kier molecular flexibility index (Phi) is 3.15. The fraction of sp³-hybridized carbons (Fsp3) is 0.526. The molecule has 0 aromatic heterocycles. The highest BCUT2D eigenvalue weighted by molar-refractivity contribution is 5.97. The molecule has 0 bridgehead atoms. The number of aliphatic hydroxyl groups excluding tert-OH is 1. The number of ether oxygens (including phenoxy) is 1. The molecule has 0 spiro atoms. The number of nitrogens with two attached hydrogens (primary N) is 1. The quantitative estimate of drug-likeness (QED) is 0.732. The van der Waals surface area contributed by atoms with Crippen LogP contribution >= 0.6 is 0 Å². The smallest absolute Gasteiger partial charge is 0.252 e. The minimum absolute atomic E-state index is 0.0169. The van der Waals surface area contributed by atoms with Crippen molar-refractivity contribution in [2.45, 2.75) is 56.3 Å². The molecule has 4 rings (SSSR count). The molecule has 0 saturated carbocycles. The number of benzene rings is 1. The van der Waals surface area contributed by atoms with Gasteiger partial charge in [0.1, 0.15) is 18.0 Å². The largest absolute Gasteiger partial charge is 0.485 e. The summed E-state index contributed by atoms with van der Waals surface area (Å²) in [5.74, 6) is -0.119. The molecule has 0 fully saturated rings. The highest BCUT2D eigenvalue weighted by atomic mass is 16.5. The van der Waals surface area contributed by atoms with Crippen molar-refractivity contribution in [1.82, 2.24) is 0 Å². The number of rotatable bonds is 3. The summed E-state index contributed by atoms with van der Waals surface area (Å²) in [6.45, 7) is 4.08. The molecule has 5 heteroatoms. The van der Waals surface area contributed by atoms with Crippen molar-refractivity contribution >= 4 is 5.91 Å². The maximum Gasteiger partial charge on any atom is 0.252 e. The lowest BCUT2D eigenvalue weighted by Gasteiger charge is -2.55. The van der Waals surface area contributed by atoms with Gasteiger partial charge in [-0.1, -0.05) is 38.5 Å². The van der Waals surface area contributed by atoms with Crippen molar-refractivity contribution < 1.29 is 19.7 Å². The summed E-state index contributed by atoms with van der Waals surface area (Å²) in [5.41, 5.74) is 5.94. The maximum absolute atomic E-state index is 11.9. The van der Waals surface area contributed by atoms with Crippen LogP contribution in [0.3, 0.4) is 0 Å². The van der Waals surface area contributed by atoms with Crippen molar-refractivity contribution in [2.24, 2.45) is 11.7 Å². The minimum Gasteiger partial charge on any atom is -0.485 e. The van der Waals surface area contributed by atoms with E-state index in [4.69, 9.17) is 10.5 Å². The Morgan fingerprint density at radius 2 is 2.21 bits per heavy atom. The van der Waals surface area contributed by atoms with Gasteiger partial charge >= 0.3 is 0 Å². The summed E-state index contributed by atoms with van der Waals surface area (Å²) >= 11 is 0. The Morgan fingerprint density at radius 3 is 2.88 bits per heavy atom. The van der Waals surface area contributed by atoms with Crippen LogP contribution in [0.25, 0.3) is 0 Å². The normalized spacial score (nSPS) is 38.6. The summed E-state index contributed by atoms with van der Waals surface area (Å²) < 4.78 is 6.11. The Bertz CT molecular complexity index is 758. The summed E-state index contributed by atoms with van der Waals surface area (Å²) in [5, 5.41) is 22.2. The Hall–Kier alpha value is -1.85. The van der Waals surface area contributed by atoms with Crippen LogP contribution in [0, 0.1) is 5.92 Å². The average Bonchev–Trinajstić information content (AvgIpc) is 2.88. The molecule has 1 aliphatic heterocycles. The Balaban J connectivity index is 2.09. The average molecular weight is 329 g/mol. The van der Waals surface area contributed by atoms with Crippen molar-refractivity contribution in [1.29, 1.82) is 0 Å². The lowest BCUT2D eigenvalue weighted by atomic mass is 9.51. The molecule has 128 valence electrons. The number of carbonyl (C=O) groups is 1. The van der Waals surface area contributed by atoms with Gasteiger partial charge in [-0.3, -0.25) is 4.79 Å². The second-order valence-corrected chi connectivity index (χ2v) is 7.38. The second-order valence-electron chi connectivity index (χ2n) is 7.38. The fourth-order valence-electron chi connectivity index (χ4n) is 5.20. The zero-order chi connectivity index (χ0) is 17.3. The topological polar surface area (TPSA) is 92.8 Å². The Morgan fingerprint density at radius 1 is 1.46 bits per heavy atom. The van der Waals surface area contributed by atoms with Crippen molar-refractivity contribution in [3.05, 3.63) is 41.0 Å². The van der Waals surface area contributed by atoms with Gasteiger partial charge in [0, 0.05) is 5.56 Å². The third-order valence-corrected chi connectivity index (χ3v) is 6.18. The predicted octanol–water partition coefficient (Wildman–Crippen LogP) is 1.44. The van der Waals surface area contributed by atoms with Crippen LogP contribution in [-0.2, 0) is 11.8 Å². The predicted molar refractivity (Wildman–Crippen MR) is 88.9 cm³/mol. The van der Waals surface area contributed by atoms with Crippen LogP contribution in [0.4, 0.5) is 0 Å². The van der Waals surface area contributed by atoms with Gasteiger partial charge in [-0.25, -0.2) is 0 Å². The summed E-state index contributed by atoms with van der Waals surface area (Å²) in [6.07, 6.45) is 4.12. The SMILES string of the molecule is CCC[C@]12c3c4ccc(C(N)=O)c3O[C@H]1[C@@H](O)C=C[C@@]2(O)[C@H](C)C4. The molecule has 1 amide bonds. The highest BCUT2D eigenvalue weighted by Crippen LogP contribution is 2.62. The third-order valence-electron chi connectivity index (χ3n) is 6.18. The van der Waals surface area contributed by atoms with Crippen LogP contribution in [-0.4, -0.2) is 33.9 Å². The monoisotopic (exact) mass is 329 g/mol. The van der Waals surface area contributed by atoms with Crippen molar-refractivity contribution in [3.8, 4) is 5.75 Å². The molecule has 1 aromatic rings. The van der Waals surface area contributed by atoms with Crippen molar-refractivity contribution in [2.75, 3.05) is 0 Å². The lowest BCUT2D eigenvalue weighted by Crippen LogP contribution is -2.66. The molecule has 3 aliphatic rings. The number of hydrogen-bond donors (Lipinski definition) is 3. The van der Waals surface area contributed by atoms with E-state index in [2.05, 4.69) is 6.92 Å². The van der Waals surface area contributed by atoms with Gasteiger partial charge < -0.3 is 20.7 Å². The molecule has 1 aromatic carbocycles. The number of primary amides is 1.